The van der Waals surface area contributed by atoms with Crippen molar-refractivity contribution < 1.29 is 9.53 Å². The minimum atomic E-state index is -0.561. The Labute approximate surface area is 106 Å². The molecule has 1 heterocycles. The second-order valence-electron chi connectivity index (χ2n) is 4.42. The first-order chi connectivity index (χ1) is 8.43. The maximum atomic E-state index is 11.5. The number of nitrogens with one attached hydrogen (secondary N) is 2. The minimum Gasteiger partial charge on any atom is -0.464 e. The van der Waals surface area contributed by atoms with Gasteiger partial charge in [0.2, 0.25) is 11.6 Å². The molecule has 7 nitrogen and oxygen atoms in total. The summed E-state index contributed by atoms with van der Waals surface area (Å²) in [4.78, 5) is 15.7. The largest absolute Gasteiger partial charge is 0.464 e. The first-order valence-corrected chi connectivity index (χ1v) is 5.80. The third-order valence-electron chi connectivity index (χ3n) is 1.91. The van der Waals surface area contributed by atoms with Crippen LogP contribution >= 0.6 is 0 Å². The third-order valence-corrected chi connectivity index (χ3v) is 1.91. The summed E-state index contributed by atoms with van der Waals surface area (Å²) < 4.78 is 4.64. The van der Waals surface area contributed by atoms with E-state index in [4.69, 9.17) is 0 Å². The molecule has 0 saturated carbocycles. The van der Waals surface area contributed by atoms with Crippen molar-refractivity contribution in [3.63, 3.8) is 0 Å². The standard InChI is InChI=1S/C11H19N5O2/c1-6(2)12-9-8(10(17)18-5)15-16-11(14-9)13-7(3)4/h6-7H,1-5H3,(H2,12,13,14,16). The number of carbonyl (C=O) groups is 1. The van der Waals surface area contributed by atoms with E-state index >= 15 is 0 Å². The van der Waals surface area contributed by atoms with E-state index in [0.717, 1.165) is 0 Å². The van der Waals surface area contributed by atoms with Gasteiger partial charge < -0.3 is 15.4 Å². The summed E-state index contributed by atoms with van der Waals surface area (Å²) >= 11 is 0. The smallest absolute Gasteiger partial charge is 0.362 e. The highest BCUT2D eigenvalue weighted by atomic mass is 16.5. The van der Waals surface area contributed by atoms with E-state index in [1.165, 1.54) is 7.11 Å². The second-order valence-corrected chi connectivity index (χ2v) is 4.42. The summed E-state index contributed by atoms with van der Waals surface area (Å²) in [5.41, 5.74) is 0.0838. The number of nitrogens with zero attached hydrogens (tertiary/aromatic N) is 3. The maximum absolute atomic E-state index is 11.5. The van der Waals surface area contributed by atoms with Gasteiger partial charge in [0.15, 0.2) is 5.82 Å². The fraction of sp³-hybridized carbons (Fsp3) is 0.636. The monoisotopic (exact) mass is 253 g/mol. The Bertz CT molecular complexity index is 420. The van der Waals surface area contributed by atoms with Crippen LogP contribution in [0.15, 0.2) is 0 Å². The van der Waals surface area contributed by atoms with Gasteiger partial charge in [0.1, 0.15) is 0 Å². The number of ether oxygens (including phenoxy) is 1. The molecule has 0 aliphatic heterocycles. The van der Waals surface area contributed by atoms with Gasteiger partial charge in [-0.15, -0.1) is 10.2 Å². The van der Waals surface area contributed by atoms with Gasteiger partial charge in [0, 0.05) is 12.1 Å². The molecule has 0 fully saturated rings. The summed E-state index contributed by atoms with van der Waals surface area (Å²) in [5, 5.41) is 13.8. The lowest BCUT2D eigenvalue weighted by molar-refractivity contribution is 0.0593. The molecule has 0 aliphatic rings. The van der Waals surface area contributed by atoms with E-state index in [0.29, 0.717) is 11.8 Å². The van der Waals surface area contributed by atoms with Crippen LogP contribution in [0.25, 0.3) is 0 Å². The predicted molar refractivity (Wildman–Crippen MR) is 68.7 cm³/mol. The van der Waals surface area contributed by atoms with E-state index in [1.54, 1.807) is 0 Å². The molecule has 0 bridgehead atoms. The van der Waals surface area contributed by atoms with Crippen LogP contribution in [-0.4, -0.2) is 40.3 Å². The number of rotatable bonds is 5. The molecule has 0 amide bonds. The second kappa shape index (κ2) is 6.13. The lowest BCUT2D eigenvalue weighted by atomic mass is 10.3. The molecular formula is C11H19N5O2. The van der Waals surface area contributed by atoms with Crippen molar-refractivity contribution in [2.75, 3.05) is 17.7 Å². The zero-order valence-corrected chi connectivity index (χ0v) is 11.3. The number of hydrogen-bond acceptors (Lipinski definition) is 7. The van der Waals surface area contributed by atoms with Gasteiger partial charge in [0.05, 0.1) is 7.11 Å². The summed E-state index contributed by atoms with van der Waals surface area (Å²) in [6.45, 7) is 7.82. The van der Waals surface area contributed by atoms with Crippen LogP contribution < -0.4 is 10.6 Å². The van der Waals surface area contributed by atoms with Gasteiger partial charge in [-0.2, -0.15) is 4.98 Å². The van der Waals surface area contributed by atoms with Crippen molar-refractivity contribution in [3.8, 4) is 0 Å². The van der Waals surface area contributed by atoms with Crippen LogP contribution in [0.4, 0.5) is 11.8 Å². The molecule has 0 spiro atoms. The summed E-state index contributed by atoms with van der Waals surface area (Å²) in [6, 6.07) is 0.305. The molecular weight excluding hydrogens is 234 g/mol. The van der Waals surface area contributed by atoms with E-state index < -0.39 is 5.97 Å². The SMILES string of the molecule is COC(=O)c1nnc(NC(C)C)nc1NC(C)C. The van der Waals surface area contributed by atoms with Crippen molar-refractivity contribution >= 4 is 17.7 Å². The topological polar surface area (TPSA) is 89.0 Å². The molecule has 0 radical (unpaired) electrons. The average Bonchev–Trinajstić information content (AvgIpc) is 2.26. The zero-order chi connectivity index (χ0) is 13.7. The molecule has 0 aliphatic carbocycles. The summed E-state index contributed by atoms with van der Waals surface area (Å²) in [7, 11) is 1.30. The van der Waals surface area contributed by atoms with Crippen molar-refractivity contribution in [2.24, 2.45) is 0 Å². The van der Waals surface area contributed by atoms with Gasteiger partial charge in [-0.3, -0.25) is 0 Å². The van der Waals surface area contributed by atoms with Crippen LogP contribution in [-0.2, 0) is 4.74 Å². The fourth-order valence-corrected chi connectivity index (χ4v) is 1.25. The number of hydrogen-bond donors (Lipinski definition) is 2. The highest BCUT2D eigenvalue weighted by Gasteiger charge is 2.18. The molecule has 0 unspecified atom stereocenters. The number of methoxy groups -OCH3 is 1. The predicted octanol–water partition coefficient (Wildman–Crippen LogP) is 1.30. The Balaban J connectivity index is 3.07. The normalized spacial score (nSPS) is 10.6. The van der Waals surface area contributed by atoms with Crippen molar-refractivity contribution in [2.45, 2.75) is 39.8 Å². The Kier molecular flexibility index (Phi) is 4.82. The van der Waals surface area contributed by atoms with Crippen LogP contribution in [0.3, 0.4) is 0 Å². The highest BCUT2D eigenvalue weighted by Crippen LogP contribution is 2.13. The molecule has 7 heteroatoms. The van der Waals surface area contributed by atoms with E-state index in [1.807, 2.05) is 27.7 Å². The first kappa shape index (κ1) is 14.1. The molecule has 18 heavy (non-hydrogen) atoms. The lowest BCUT2D eigenvalue weighted by Crippen LogP contribution is -2.20. The highest BCUT2D eigenvalue weighted by molar-refractivity contribution is 5.92. The minimum absolute atomic E-state index is 0.0838. The molecule has 100 valence electrons. The third kappa shape index (κ3) is 3.83. The maximum Gasteiger partial charge on any atom is 0.362 e. The van der Waals surface area contributed by atoms with Crippen LogP contribution in [0.2, 0.25) is 0 Å². The molecule has 0 saturated heterocycles. The summed E-state index contributed by atoms with van der Waals surface area (Å²) in [5.74, 6) is 0.185. The van der Waals surface area contributed by atoms with Crippen LogP contribution in [0.1, 0.15) is 38.2 Å². The average molecular weight is 253 g/mol. The van der Waals surface area contributed by atoms with Gasteiger partial charge in [-0.25, -0.2) is 4.79 Å². The molecule has 1 aromatic heterocycles. The van der Waals surface area contributed by atoms with Crippen molar-refractivity contribution in [1.29, 1.82) is 0 Å². The van der Waals surface area contributed by atoms with E-state index in [2.05, 4.69) is 30.6 Å². The van der Waals surface area contributed by atoms with Gasteiger partial charge in [0.25, 0.3) is 0 Å². The number of carbonyl (C=O) groups excluding carboxylic acids is 1. The quantitative estimate of drug-likeness (QED) is 0.764. The molecule has 2 N–H and O–H groups in total. The Morgan fingerprint density at radius 1 is 1.11 bits per heavy atom. The number of anilines is 2. The Morgan fingerprint density at radius 3 is 2.22 bits per heavy atom. The van der Waals surface area contributed by atoms with Gasteiger partial charge in [-0.05, 0) is 27.7 Å². The fourth-order valence-electron chi connectivity index (χ4n) is 1.25. The van der Waals surface area contributed by atoms with Crippen LogP contribution in [0, 0.1) is 0 Å². The lowest BCUT2D eigenvalue weighted by Gasteiger charge is -2.13. The zero-order valence-electron chi connectivity index (χ0n) is 11.3. The molecule has 1 rings (SSSR count). The number of aromatic nitrogens is 3. The van der Waals surface area contributed by atoms with Gasteiger partial charge in [-0.1, -0.05) is 0 Å². The van der Waals surface area contributed by atoms with Gasteiger partial charge >= 0.3 is 5.97 Å². The molecule has 1 aromatic rings. The van der Waals surface area contributed by atoms with Crippen molar-refractivity contribution in [1.82, 2.24) is 15.2 Å². The van der Waals surface area contributed by atoms with Crippen molar-refractivity contribution in [3.05, 3.63) is 5.69 Å². The Hall–Kier alpha value is -1.92. The summed E-state index contributed by atoms with van der Waals surface area (Å²) in [6.07, 6.45) is 0. The van der Waals surface area contributed by atoms with E-state index in [9.17, 15) is 4.79 Å². The van der Waals surface area contributed by atoms with E-state index in [-0.39, 0.29) is 17.8 Å². The Morgan fingerprint density at radius 2 is 1.72 bits per heavy atom. The van der Waals surface area contributed by atoms with Crippen LogP contribution in [0.5, 0.6) is 0 Å². The number of esters is 1. The molecule has 0 aromatic carbocycles. The molecule has 0 atom stereocenters. The first-order valence-electron chi connectivity index (χ1n) is 5.80.